The third-order valence-corrected chi connectivity index (χ3v) is 4.45. The van der Waals surface area contributed by atoms with Crippen molar-refractivity contribution in [2.45, 2.75) is 44.2 Å². The molecule has 0 spiro atoms. The van der Waals surface area contributed by atoms with Crippen LogP contribution in [0.2, 0.25) is 0 Å². The Labute approximate surface area is 102 Å². The van der Waals surface area contributed by atoms with Crippen molar-refractivity contribution in [3.05, 3.63) is 0 Å². The number of carboxylic acids is 1. The molecule has 0 aromatic carbocycles. The number of hydrogen-bond acceptors (Lipinski definition) is 3. The van der Waals surface area contributed by atoms with Gasteiger partial charge in [0.1, 0.15) is 0 Å². The summed E-state index contributed by atoms with van der Waals surface area (Å²) in [7, 11) is 0. The molecule has 3 fully saturated rings. The van der Waals surface area contributed by atoms with Gasteiger partial charge in [-0.25, -0.2) is 0 Å². The highest BCUT2D eigenvalue weighted by molar-refractivity contribution is 5.71. The van der Waals surface area contributed by atoms with Crippen molar-refractivity contribution in [2.24, 2.45) is 11.8 Å². The molecule has 3 atom stereocenters. The van der Waals surface area contributed by atoms with E-state index in [0.29, 0.717) is 12.0 Å². The average molecular weight is 239 g/mol. The largest absolute Gasteiger partial charge is 0.481 e. The van der Waals surface area contributed by atoms with Crippen molar-refractivity contribution in [1.82, 2.24) is 4.90 Å². The molecular formula is C13H21NO3. The Morgan fingerprint density at radius 3 is 2.71 bits per heavy atom. The van der Waals surface area contributed by atoms with Gasteiger partial charge in [0.2, 0.25) is 0 Å². The second-order valence-electron chi connectivity index (χ2n) is 5.69. The predicted octanol–water partition coefficient (Wildman–Crippen LogP) is 1.35. The Morgan fingerprint density at radius 1 is 1.29 bits per heavy atom. The maximum atomic E-state index is 11.3. The summed E-state index contributed by atoms with van der Waals surface area (Å²) >= 11 is 0. The molecule has 2 saturated heterocycles. The minimum atomic E-state index is -0.600. The van der Waals surface area contributed by atoms with Crippen molar-refractivity contribution in [1.29, 1.82) is 0 Å². The summed E-state index contributed by atoms with van der Waals surface area (Å²) in [6, 6.07) is 0.289. The topological polar surface area (TPSA) is 49.8 Å². The Kier molecular flexibility index (Phi) is 3.09. The lowest BCUT2D eigenvalue weighted by Crippen LogP contribution is -2.41. The second kappa shape index (κ2) is 4.58. The van der Waals surface area contributed by atoms with Crippen LogP contribution >= 0.6 is 0 Å². The number of carboxylic acid groups (broad SMARTS) is 1. The number of ether oxygens (including phenoxy) is 1. The van der Waals surface area contributed by atoms with Crippen molar-refractivity contribution in [3.63, 3.8) is 0 Å². The number of aliphatic carboxylic acids is 1. The van der Waals surface area contributed by atoms with Crippen LogP contribution in [0.1, 0.15) is 32.1 Å². The van der Waals surface area contributed by atoms with E-state index in [2.05, 4.69) is 4.90 Å². The van der Waals surface area contributed by atoms with E-state index in [4.69, 9.17) is 4.74 Å². The molecular weight excluding hydrogens is 218 g/mol. The predicted molar refractivity (Wildman–Crippen MR) is 62.8 cm³/mol. The summed E-state index contributed by atoms with van der Waals surface area (Å²) in [4.78, 5) is 13.7. The minimum absolute atomic E-state index is 0.135. The first-order valence-electron chi connectivity index (χ1n) is 6.84. The summed E-state index contributed by atoms with van der Waals surface area (Å²) < 4.78 is 5.67. The molecule has 4 heteroatoms. The number of carbonyl (C=O) groups is 1. The number of likely N-dealkylation sites (tertiary alicyclic amines) is 1. The summed E-state index contributed by atoms with van der Waals surface area (Å²) in [5, 5.41) is 9.28. The fraction of sp³-hybridized carbons (Fsp3) is 0.923. The van der Waals surface area contributed by atoms with Crippen molar-refractivity contribution in [3.8, 4) is 0 Å². The number of rotatable bonds is 4. The van der Waals surface area contributed by atoms with Crippen molar-refractivity contribution >= 4 is 5.97 Å². The molecule has 0 radical (unpaired) electrons. The van der Waals surface area contributed by atoms with Gasteiger partial charge in [-0.1, -0.05) is 0 Å². The smallest absolute Gasteiger partial charge is 0.308 e. The van der Waals surface area contributed by atoms with Crippen LogP contribution in [0.25, 0.3) is 0 Å². The zero-order valence-electron chi connectivity index (χ0n) is 10.2. The van der Waals surface area contributed by atoms with Crippen LogP contribution in [0.5, 0.6) is 0 Å². The lowest BCUT2D eigenvalue weighted by Gasteiger charge is -2.28. The molecule has 1 saturated carbocycles. The van der Waals surface area contributed by atoms with Crippen LogP contribution in [0.15, 0.2) is 0 Å². The molecule has 3 aliphatic rings. The van der Waals surface area contributed by atoms with Gasteiger partial charge in [0.15, 0.2) is 0 Å². The highest BCUT2D eigenvalue weighted by Crippen LogP contribution is 2.43. The first kappa shape index (κ1) is 11.5. The van der Waals surface area contributed by atoms with E-state index in [9.17, 15) is 9.90 Å². The summed E-state index contributed by atoms with van der Waals surface area (Å²) in [5.41, 5.74) is 0. The van der Waals surface area contributed by atoms with E-state index in [1.807, 2.05) is 0 Å². The first-order valence-corrected chi connectivity index (χ1v) is 6.84. The Bertz CT molecular complexity index is 297. The molecule has 2 heterocycles. The van der Waals surface area contributed by atoms with Crippen LogP contribution in [0.4, 0.5) is 0 Å². The Morgan fingerprint density at radius 2 is 2.12 bits per heavy atom. The van der Waals surface area contributed by atoms with Crippen molar-refractivity contribution in [2.75, 3.05) is 19.7 Å². The van der Waals surface area contributed by atoms with Gasteiger partial charge >= 0.3 is 5.97 Å². The van der Waals surface area contributed by atoms with Gasteiger partial charge in [-0.3, -0.25) is 9.69 Å². The van der Waals surface area contributed by atoms with E-state index in [1.165, 1.54) is 12.8 Å². The van der Waals surface area contributed by atoms with E-state index in [0.717, 1.165) is 39.0 Å². The molecule has 3 rings (SSSR count). The monoisotopic (exact) mass is 239 g/mol. The van der Waals surface area contributed by atoms with E-state index in [-0.39, 0.29) is 12.0 Å². The first-order chi connectivity index (χ1) is 8.25. The molecule has 0 bridgehead atoms. The summed E-state index contributed by atoms with van der Waals surface area (Å²) in [6.45, 7) is 2.78. The third-order valence-electron chi connectivity index (χ3n) is 4.45. The average Bonchev–Trinajstić information content (AvgIpc) is 2.85. The molecule has 0 aromatic heterocycles. The maximum Gasteiger partial charge on any atom is 0.308 e. The molecule has 2 aliphatic heterocycles. The molecule has 4 nitrogen and oxygen atoms in total. The molecule has 0 aromatic rings. The van der Waals surface area contributed by atoms with Gasteiger partial charge in [0.05, 0.1) is 12.0 Å². The van der Waals surface area contributed by atoms with Gasteiger partial charge in [-0.05, 0) is 44.6 Å². The number of hydrogen-bond donors (Lipinski definition) is 1. The van der Waals surface area contributed by atoms with E-state index in [1.54, 1.807) is 0 Å². The zero-order valence-corrected chi connectivity index (χ0v) is 10.2. The van der Waals surface area contributed by atoms with Gasteiger partial charge in [-0.15, -0.1) is 0 Å². The fourth-order valence-corrected chi connectivity index (χ4v) is 3.48. The maximum absolute atomic E-state index is 11.3. The SMILES string of the molecule is O=C(O)[C@H]1CCN(CC2CCCO2)[C@@H]1C1CC1. The zero-order chi connectivity index (χ0) is 11.8. The van der Waals surface area contributed by atoms with Gasteiger partial charge in [-0.2, -0.15) is 0 Å². The molecule has 0 amide bonds. The molecule has 96 valence electrons. The quantitative estimate of drug-likeness (QED) is 0.804. The summed E-state index contributed by atoms with van der Waals surface area (Å²) in [5.74, 6) is -0.0966. The van der Waals surface area contributed by atoms with Gasteiger partial charge < -0.3 is 9.84 Å². The summed E-state index contributed by atoms with van der Waals surface area (Å²) in [6.07, 6.45) is 5.92. The Hall–Kier alpha value is -0.610. The fourth-order valence-electron chi connectivity index (χ4n) is 3.48. The van der Waals surface area contributed by atoms with Crippen LogP contribution in [0.3, 0.4) is 0 Å². The molecule has 1 aliphatic carbocycles. The lowest BCUT2D eigenvalue weighted by atomic mass is 9.96. The molecule has 17 heavy (non-hydrogen) atoms. The van der Waals surface area contributed by atoms with Gasteiger partial charge in [0, 0.05) is 19.2 Å². The van der Waals surface area contributed by atoms with Gasteiger partial charge in [0.25, 0.3) is 0 Å². The number of nitrogens with zero attached hydrogens (tertiary/aromatic N) is 1. The molecule has 1 unspecified atom stereocenters. The highest BCUT2D eigenvalue weighted by atomic mass is 16.5. The van der Waals surface area contributed by atoms with Crippen LogP contribution in [-0.4, -0.2) is 47.8 Å². The normalized spacial score (nSPS) is 38.7. The van der Waals surface area contributed by atoms with Crippen LogP contribution < -0.4 is 0 Å². The lowest BCUT2D eigenvalue weighted by molar-refractivity contribution is -0.142. The van der Waals surface area contributed by atoms with E-state index < -0.39 is 5.97 Å². The van der Waals surface area contributed by atoms with Crippen LogP contribution in [-0.2, 0) is 9.53 Å². The molecule has 1 N–H and O–H groups in total. The van der Waals surface area contributed by atoms with E-state index >= 15 is 0 Å². The Balaban J connectivity index is 1.64. The highest BCUT2D eigenvalue weighted by Gasteiger charge is 2.47. The standard InChI is InChI=1S/C13H21NO3/c15-13(16)11-5-6-14(12(11)9-3-4-9)8-10-2-1-7-17-10/h9-12H,1-8H2,(H,15,16)/t10?,11-,12+/m0/s1. The third kappa shape index (κ3) is 2.33. The van der Waals surface area contributed by atoms with Crippen molar-refractivity contribution < 1.29 is 14.6 Å². The second-order valence-corrected chi connectivity index (χ2v) is 5.69. The van der Waals surface area contributed by atoms with Crippen LogP contribution in [0, 0.1) is 11.8 Å². The minimum Gasteiger partial charge on any atom is -0.481 e.